The smallest absolute Gasteiger partial charge is 0.254 e. The Morgan fingerprint density at radius 3 is 2.92 bits per heavy atom. The van der Waals surface area contributed by atoms with Crippen molar-refractivity contribution < 1.29 is 0 Å². The van der Waals surface area contributed by atoms with Gasteiger partial charge in [-0.25, -0.2) is 9.97 Å². The molecule has 7 nitrogen and oxygen atoms in total. The summed E-state index contributed by atoms with van der Waals surface area (Å²) < 4.78 is 4.19. The van der Waals surface area contributed by atoms with E-state index in [0.717, 1.165) is 43.9 Å². The van der Waals surface area contributed by atoms with Crippen LogP contribution >= 0.6 is 0 Å². The van der Waals surface area contributed by atoms with Crippen molar-refractivity contribution in [2.45, 2.75) is 51.5 Å². The molecule has 0 spiro atoms. The monoisotopic (exact) mass is 337 g/mol. The van der Waals surface area contributed by atoms with Crippen LogP contribution in [0.15, 0.2) is 12.4 Å². The van der Waals surface area contributed by atoms with Crippen molar-refractivity contribution in [1.29, 1.82) is 0 Å². The summed E-state index contributed by atoms with van der Waals surface area (Å²) in [6.45, 7) is 3.98. The summed E-state index contributed by atoms with van der Waals surface area (Å²) in [5.41, 5.74) is 3.71. The van der Waals surface area contributed by atoms with E-state index in [0.29, 0.717) is 11.7 Å². The molecule has 0 bridgehead atoms. The number of nitrogens with zero attached hydrogens (tertiary/aromatic N) is 7. The second-order valence-corrected chi connectivity index (χ2v) is 7.20. The van der Waals surface area contributed by atoms with Gasteiger partial charge in [0.1, 0.15) is 18.0 Å². The molecule has 4 heterocycles. The quantitative estimate of drug-likeness (QED) is 0.731. The lowest BCUT2D eigenvalue weighted by atomic mass is 10.1. The maximum Gasteiger partial charge on any atom is 0.254 e. The predicted molar refractivity (Wildman–Crippen MR) is 94.7 cm³/mol. The number of hydrogen-bond acceptors (Lipinski definition) is 5. The first kappa shape index (κ1) is 14.9. The zero-order valence-corrected chi connectivity index (χ0v) is 14.8. The van der Waals surface area contributed by atoms with Gasteiger partial charge in [0.05, 0.1) is 12.2 Å². The molecule has 0 atom stereocenters. The van der Waals surface area contributed by atoms with Crippen LogP contribution in [0.2, 0.25) is 0 Å². The first-order chi connectivity index (χ1) is 12.2. The first-order valence-electron chi connectivity index (χ1n) is 9.23. The van der Waals surface area contributed by atoms with Crippen molar-refractivity contribution in [2.75, 3.05) is 11.4 Å². The lowest BCUT2D eigenvalue weighted by Gasteiger charge is -2.29. The van der Waals surface area contributed by atoms with Gasteiger partial charge in [0.2, 0.25) is 0 Å². The van der Waals surface area contributed by atoms with Crippen LogP contribution in [0.1, 0.15) is 55.0 Å². The van der Waals surface area contributed by atoms with Gasteiger partial charge in [0.15, 0.2) is 0 Å². The van der Waals surface area contributed by atoms with Gasteiger partial charge >= 0.3 is 0 Å². The van der Waals surface area contributed by atoms with Gasteiger partial charge in [-0.3, -0.25) is 0 Å². The maximum absolute atomic E-state index is 4.97. The molecule has 0 unspecified atom stereocenters. The van der Waals surface area contributed by atoms with Crippen LogP contribution in [0, 0.1) is 0 Å². The molecule has 0 aromatic carbocycles. The van der Waals surface area contributed by atoms with E-state index in [1.807, 2.05) is 4.52 Å². The Labute approximate surface area is 146 Å². The number of aryl methyl sites for hydroxylation is 1. The minimum Gasteiger partial charge on any atom is -0.350 e. The molecule has 1 aliphatic carbocycles. The molecule has 0 N–H and O–H groups in total. The van der Waals surface area contributed by atoms with E-state index >= 15 is 0 Å². The second-order valence-electron chi connectivity index (χ2n) is 7.20. The van der Waals surface area contributed by atoms with Crippen molar-refractivity contribution in [2.24, 2.45) is 7.05 Å². The number of aromatic nitrogens is 6. The molecule has 0 saturated heterocycles. The van der Waals surface area contributed by atoms with E-state index in [1.54, 1.807) is 6.33 Å². The highest BCUT2D eigenvalue weighted by Crippen LogP contribution is 2.40. The summed E-state index contributed by atoms with van der Waals surface area (Å²) in [5, 5.41) is 4.39. The van der Waals surface area contributed by atoms with Gasteiger partial charge in [0.25, 0.3) is 5.78 Å². The summed E-state index contributed by atoms with van der Waals surface area (Å²) in [7, 11) is 2.18. The molecule has 7 heteroatoms. The topological polar surface area (TPSA) is 64.1 Å². The summed E-state index contributed by atoms with van der Waals surface area (Å²) >= 11 is 0. The molecule has 1 fully saturated rings. The average molecular weight is 337 g/mol. The highest BCUT2D eigenvalue weighted by atomic mass is 15.4. The van der Waals surface area contributed by atoms with Crippen molar-refractivity contribution in [1.82, 2.24) is 29.1 Å². The lowest BCUT2D eigenvalue weighted by molar-refractivity contribution is 0.659. The molecule has 0 amide bonds. The number of fused-ring (bicyclic) bond motifs is 2. The van der Waals surface area contributed by atoms with Crippen LogP contribution in [0.3, 0.4) is 0 Å². The van der Waals surface area contributed by atoms with Gasteiger partial charge in [-0.2, -0.15) is 14.6 Å². The molecular weight excluding hydrogens is 314 g/mol. The van der Waals surface area contributed by atoms with E-state index in [-0.39, 0.29) is 0 Å². The number of hydrogen-bond donors (Lipinski definition) is 0. The highest BCUT2D eigenvalue weighted by molar-refractivity contribution is 5.49. The van der Waals surface area contributed by atoms with Crippen LogP contribution in [0.25, 0.3) is 5.78 Å². The molecule has 25 heavy (non-hydrogen) atoms. The highest BCUT2D eigenvalue weighted by Gasteiger charge is 2.32. The van der Waals surface area contributed by atoms with Crippen LogP contribution in [0.5, 0.6) is 0 Å². The van der Waals surface area contributed by atoms with Crippen molar-refractivity contribution in [3.8, 4) is 0 Å². The van der Waals surface area contributed by atoms with Crippen LogP contribution in [0.4, 0.5) is 5.82 Å². The van der Waals surface area contributed by atoms with Gasteiger partial charge < -0.3 is 9.47 Å². The fourth-order valence-corrected chi connectivity index (χ4v) is 3.90. The van der Waals surface area contributed by atoms with Crippen LogP contribution < -0.4 is 4.90 Å². The Balaban J connectivity index is 1.53. The molecule has 2 aliphatic rings. The molecule has 1 aliphatic heterocycles. The SMILES string of the molecule is CCCc1cc(N2CCc3c(nc(C4CC4)n3C)C2)n2ncnc2n1. The Morgan fingerprint density at radius 2 is 2.12 bits per heavy atom. The molecule has 5 rings (SSSR count). The molecule has 3 aromatic heterocycles. The third-order valence-corrected chi connectivity index (χ3v) is 5.35. The fourth-order valence-electron chi connectivity index (χ4n) is 3.90. The third kappa shape index (κ3) is 2.41. The van der Waals surface area contributed by atoms with Gasteiger partial charge in [-0.05, 0) is 19.3 Å². The zero-order chi connectivity index (χ0) is 17.0. The first-order valence-corrected chi connectivity index (χ1v) is 9.23. The molecular formula is C18H23N7. The lowest BCUT2D eigenvalue weighted by Crippen LogP contribution is -2.32. The van der Waals surface area contributed by atoms with Crippen LogP contribution in [-0.4, -0.2) is 35.7 Å². The Bertz CT molecular complexity index is 934. The summed E-state index contributed by atoms with van der Waals surface area (Å²) in [4.78, 5) is 16.3. The minimum absolute atomic E-state index is 0.683. The van der Waals surface area contributed by atoms with Gasteiger partial charge in [0, 0.05) is 43.4 Å². The van der Waals surface area contributed by atoms with Crippen molar-refractivity contribution in [3.63, 3.8) is 0 Å². The minimum atomic E-state index is 0.683. The third-order valence-electron chi connectivity index (χ3n) is 5.35. The average Bonchev–Trinajstić information content (AvgIpc) is 3.26. The number of rotatable bonds is 4. The van der Waals surface area contributed by atoms with Gasteiger partial charge in [-0.1, -0.05) is 13.3 Å². The normalized spacial score (nSPS) is 17.3. The van der Waals surface area contributed by atoms with E-state index in [4.69, 9.17) is 4.98 Å². The van der Waals surface area contributed by atoms with E-state index in [1.165, 1.54) is 30.1 Å². The second kappa shape index (κ2) is 5.54. The molecule has 1 saturated carbocycles. The van der Waals surface area contributed by atoms with E-state index in [9.17, 15) is 0 Å². The predicted octanol–water partition coefficient (Wildman–Crippen LogP) is 2.25. The summed E-state index contributed by atoms with van der Waals surface area (Å²) in [6.07, 6.45) is 7.22. The van der Waals surface area contributed by atoms with E-state index < -0.39 is 0 Å². The maximum atomic E-state index is 4.97. The standard InChI is InChI=1S/C18H23N7/c1-3-4-13-9-16(25-18(21-13)19-11-20-25)24-8-7-15-14(10-24)22-17(23(15)2)12-5-6-12/h9,11-12H,3-8,10H2,1-2H3. The molecule has 3 aromatic rings. The Kier molecular flexibility index (Phi) is 3.29. The molecule has 130 valence electrons. The Hall–Kier alpha value is -2.44. The number of anilines is 1. The largest absolute Gasteiger partial charge is 0.350 e. The van der Waals surface area contributed by atoms with Gasteiger partial charge in [-0.15, -0.1) is 0 Å². The van der Waals surface area contributed by atoms with Crippen molar-refractivity contribution >= 4 is 11.6 Å². The Morgan fingerprint density at radius 1 is 1.24 bits per heavy atom. The zero-order valence-electron chi connectivity index (χ0n) is 14.8. The fraction of sp³-hybridized carbons (Fsp3) is 0.556. The van der Waals surface area contributed by atoms with E-state index in [2.05, 4.69) is 44.6 Å². The van der Waals surface area contributed by atoms with Crippen molar-refractivity contribution in [3.05, 3.63) is 35.3 Å². The van der Waals surface area contributed by atoms with Crippen LogP contribution in [-0.2, 0) is 26.4 Å². The summed E-state index contributed by atoms with van der Waals surface area (Å²) in [6, 6.07) is 2.17. The summed E-state index contributed by atoms with van der Waals surface area (Å²) in [5.74, 6) is 3.73. The number of imidazole rings is 1. The molecule has 0 radical (unpaired) electrons.